The first kappa shape index (κ1) is 15.3. The zero-order valence-electron chi connectivity index (χ0n) is 13.2. The van der Waals surface area contributed by atoms with Crippen molar-refractivity contribution in [2.75, 3.05) is 12.1 Å². The highest BCUT2D eigenvalue weighted by Gasteiger charge is 2.16. The van der Waals surface area contributed by atoms with E-state index in [1.807, 2.05) is 18.2 Å². The van der Waals surface area contributed by atoms with Gasteiger partial charge in [-0.3, -0.25) is 4.79 Å². The highest BCUT2D eigenvalue weighted by molar-refractivity contribution is 6.04. The minimum absolute atomic E-state index is 0.152. The number of hydrogen-bond acceptors (Lipinski definition) is 5. The Hall–Kier alpha value is -3.25. The van der Waals surface area contributed by atoms with Gasteiger partial charge in [-0.1, -0.05) is 12.1 Å². The zero-order chi connectivity index (χ0) is 17.2. The molecule has 1 aromatic heterocycles. The molecule has 1 amide bonds. The highest BCUT2D eigenvalue weighted by atomic mass is 16.7. The van der Waals surface area contributed by atoms with E-state index < -0.39 is 0 Å². The van der Waals surface area contributed by atoms with Crippen LogP contribution in [0.1, 0.15) is 16.1 Å². The molecule has 0 atom stereocenters. The number of amides is 1. The van der Waals surface area contributed by atoms with Crippen LogP contribution in [0.4, 0.5) is 5.69 Å². The number of hydrogen-bond donors (Lipinski definition) is 2. The molecule has 126 valence electrons. The first-order valence-electron chi connectivity index (χ1n) is 7.74. The number of aliphatic hydroxyl groups excluding tert-OH is 1. The van der Waals surface area contributed by atoms with E-state index in [2.05, 4.69) is 5.32 Å². The van der Waals surface area contributed by atoms with Gasteiger partial charge in [0.05, 0.1) is 0 Å². The van der Waals surface area contributed by atoms with Crippen LogP contribution >= 0.6 is 0 Å². The van der Waals surface area contributed by atoms with Crippen molar-refractivity contribution in [2.24, 2.45) is 0 Å². The van der Waals surface area contributed by atoms with Crippen LogP contribution in [0.5, 0.6) is 11.5 Å². The lowest BCUT2D eigenvalue weighted by atomic mass is 10.1. The first-order chi connectivity index (χ1) is 12.2. The number of benzene rings is 2. The molecule has 2 heterocycles. The molecule has 0 radical (unpaired) electrons. The first-order valence-corrected chi connectivity index (χ1v) is 7.74. The van der Waals surface area contributed by atoms with E-state index >= 15 is 0 Å². The van der Waals surface area contributed by atoms with Crippen molar-refractivity contribution >= 4 is 11.6 Å². The van der Waals surface area contributed by atoms with E-state index in [1.165, 1.54) is 0 Å². The molecule has 6 heteroatoms. The number of carbonyl (C=O) groups is 1. The molecule has 2 N–H and O–H groups in total. The SMILES string of the molecule is O=C(Nc1cccc(-c2ccc(CO)o2)c1)c1ccc2c(c1)OCO2. The lowest BCUT2D eigenvalue weighted by Crippen LogP contribution is -2.11. The van der Waals surface area contributed by atoms with Crippen LogP contribution in [0.15, 0.2) is 59.0 Å². The molecule has 0 saturated heterocycles. The van der Waals surface area contributed by atoms with E-state index in [1.54, 1.807) is 36.4 Å². The average Bonchev–Trinajstić information content (AvgIpc) is 3.30. The summed E-state index contributed by atoms with van der Waals surface area (Å²) < 4.78 is 16.1. The predicted molar refractivity (Wildman–Crippen MR) is 90.6 cm³/mol. The number of fused-ring (bicyclic) bond motifs is 1. The lowest BCUT2D eigenvalue weighted by Gasteiger charge is -2.07. The quantitative estimate of drug-likeness (QED) is 0.762. The molecule has 0 saturated carbocycles. The third-order valence-corrected chi connectivity index (χ3v) is 3.86. The van der Waals surface area contributed by atoms with E-state index in [0.717, 1.165) is 5.56 Å². The van der Waals surface area contributed by atoms with Crippen molar-refractivity contribution in [1.82, 2.24) is 0 Å². The number of ether oxygens (including phenoxy) is 2. The molecule has 0 aliphatic carbocycles. The summed E-state index contributed by atoms with van der Waals surface area (Å²) >= 11 is 0. The molecule has 2 aromatic carbocycles. The second kappa shape index (κ2) is 6.33. The van der Waals surface area contributed by atoms with Crippen LogP contribution in [0, 0.1) is 0 Å². The van der Waals surface area contributed by atoms with E-state index in [-0.39, 0.29) is 19.3 Å². The molecule has 4 rings (SSSR count). The third kappa shape index (κ3) is 3.07. The number of nitrogens with one attached hydrogen (secondary N) is 1. The summed E-state index contributed by atoms with van der Waals surface area (Å²) in [5.41, 5.74) is 1.93. The summed E-state index contributed by atoms with van der Waals surface area (Å²) in [4.78, 5) is 12.4. The number of anilines is 1. The summed E-state index contributed by atoms with van der Waals surface area (Å²) in [6.45, 7) is 0.0158. The van der Waals surface area contributed by atoms with Gasteiger partial charge in [-0.15, -0.1) is 0 Å². The van der Waals surface area contributed by atoms with Crippen molar-refractivity contribution in [2.45, 2.75) is 6.61 Å². The van der Waals surface area contributed by atoms with Gasteiger partial charge in [0.15, 0.2) is 11.5 Å². The Morgan fingerprint density at radius 2 is 1.92 bits per heavy atom. The van der Waals surface area contributed by atoms with Crippen LogP contribution in [-0.2, 0) is 6.61 Å². The van der Waals surface area contributed by atoms with Crippen LogP contribution in [0.2, 0.25) is 0 Å². The molecule has 25 heavy (non-hydrogen) atoms. The van der Waals surface area contributed by atoms with Gasteiger partial charge < -0.3 is 24.3 Å². The van der Waals surface area contributed by atoms with Gasteiger partial charge in [-0.05, 0) is 42.5 Å². The molecule has 0 unspecified atom stereocenters. The summed E-state index contributed by atoms with van der Waals surface area (Å²) in [5.74, 6) is 2.07. The predicted octanol–water partition coefficient (Wildman–Crippen LogP) is 3.42. The van der Waals surface area contributed by atoms with Gasteiger partial charge in [0.25, 0.3) is 5.91 Å². The Bertz CT molecular complexity index is 931. The number of aliphatic hydroxyl groups is 1. The Morgan fingerprint density at radius 3 is 2.76 bits per heavy atom. The second-order valence-electron chi connectivity index (χ2n) is 5.53. The molecule has 0 fully saturated rings. The van der Waals surface area contributed by atoms with Gasteiger partial charge in [-0.25, -0.2) is 0 Å². The zero-order valence-corrected chi connectivity index (χ0v) is 13.2. The summed E-state index contributed by atoms with van der Waals surface area (Å²) in [5, 5.41) is 11.9. The Balaban J connectivity index is 1.54. The average molecular weight is 337 g/mol. The van der Waals surface area contributed by atoms with Crippen molar-refractivity contribution in [3.05, 3.63) is 65.9 Å². The number of rotatable bonds is 4. The van der Waals surface area contributed by atoms with Crippen molar-refractivity contribution in [1.29, 1.82) is 0 Å². The van der Waals surface area contributed by atoms with E-state index in [9.17, 15) is 4.79 Å². The molecular formula is C19H15NO5. The van der Waals surface area contributed by atoms with E-state index in [0.29, 0.717) is 34.3 Å². The van der Waals surface area contributed by atoms with E-state index in [4.69, 9.17) is 19.0 Å². The fourth-order valence-corrected chi connectivity index (χ4v) is 2.61. The fraction of sp³-hybridized carbons (Fsp3) is 0.105. The van der Waals surface area contributed by atoms with Gasteiger partial charge >= 0.3 is 0 Å². The Kier molecular flexibility index (Phi) is 3.87. The minimum Gasteiger partial charge on any atom is -0.459 e. The smallest absolute Gasteiger partial charge is 0.255 e. The van der Waals surface area contributed by atoms with Crippen molar-refractivity contribution in [3.63, 3.8) is 0 Å². The largest absolute Gasteiger partial charge is 0.459 e. The molecule has 0 bridgehead atoms. The number of carbonyl (C=O) groups excluding carboxylic acids is 1. The molecule has 1 aliphatic heterocycles. The minimum atomic E-state index is -0.244. The highest BCUT2D eigenvalue weighted by Crippen LogP contribution is 2.33. The Morgan fingerprint density at radius 1 is 1.04 bits per heavy atom. The van der Waals surface area contributed by atoms with Gasteiger partial charge in [0, 0.05) is 16.8 Å². The summed E-state index contributed by atoms with van der Waals surface area (Å²) in [6.07, 6.45) is 0. The van der Waals surface area contributed by atoms with Crippen LogP contribution < -0.4 is 14.8 Å². The second-order valence-corrected chi connectivity index (χ2v) is 5.53. The third-order valence-electron chi connectivity index (χ3n) is 3.86. The monoisotopic (exact) mass is 337 g/mol. The molecule has 0 spiro atoms. The van der Waals surface area contributed by atoms with Crippen molar-refractivity contribution in [3.8, 4) is 22.8 Å². The maximum absolute atomic E-state index is 12.4. The summed E-state index contributed by atoms with van der Waals surface area (Å²) in [6, 6.07) is 15.9. The number of furan rings is 1. The molecule has 6 nitrogen and oxygen atoms in total. The Labute approximate surface area is 143 Å². The molecular weight excluding hydrogens is 322 g/mol. The topological polar surface area (TPSA) is 80.9 Å². The normalized spacial score (nSPS) is 12.2. The van der Waals surface area contributed by atoms with Crippen molar-refractivity contribution < 1.29 is 23.8 Å². The molecule has 3 aromatic rings. The van der Waals surface area contributed by atoms with Crippen LogP contribution in [-0.4, -0.2) is 17.8 Å². The lowest BCUT2D eigenvalue weighted by molar-refractivity contribution is 0.102. The van der Waals surface area contributed by atoms with Crippen LogP contribution in [0.3, 0.4) is 0 Å². The standard InChI is InChI=1S/C19H15NO5/c21-10-15-5-7-16(25-15)12-2-1-3-14(8-12)20-19(22)13-4-6-17-18(9-13)24-11-23-17/h1-9,21H,10-11H2,(H,20,22). The van der Waals surface area contributed by atoms with Gasteiger partial charge in [0.2, 0.25) is 6.79 Å². The maximum Gasteiger partial charge on any atom is 0.255 e. The molecule has 1 aliphatic rings. The maximum atomic E-state index is 12.4. The van der Waals surface area contributed by atoms with Gasteiger partial charge in [0.1, 0.15) is 18.1 Å². The summed E-state index contributed by atoms with van der Waals surface area (Å²) in [7, 11) is 0. The van der Waals surface area contributed by atoms with Crippen LogP contribution in [0.25, 0.3) is 11.3 Å². The fourth-order valence-electron chi connectivity index (χ4n) is 2.61. The van der Waals surface area contributed by atoms with Gasteiger partial charge in [-0.2, -0.15) is 0 Å².